The average Bonchev–Trinajstić information content (AvgIpc) is 2.40. The van der Waals surface area contributed by atoms with Crippen molar-refractivity contribution in [2.45, 2.75) is 12.6 Å². The van der Waals surface area contributed by atoms with E-state index in [4.69, 9.17) is 16.3 Å². The number of rotatable bonds is 6. The zero-order chi connectivity index (χ0) is 15.7. The predicted molar refractivity (Wildman–Crippen MR) is 71.0 cm³/mol. The van der Waals surface area contributed by atoms with Crippen molar-refractivity contribution in [1.29, 1.82) is 0 Å². The molecule has 0 aliphatic heterocycles. The fourth-order valence-corrected chi connectivity index (χ4v) is 1.45. The summed E-state index contributed by atoms with van der Waals surface area (Å²) in [6, 6.07) is 3.82. The van der Waals surface area contributed by atoms with E-state index in [0.29, 0.717) is 11.3 Å². The van der Waals surface area contributed by atoms with Gasteiger partial charge in [0.1, 0.15) is 18.2 Å². The standard InChI is InChI=1S/C14H13ClF4O2/c15-6-1-3-11-9-12(16)4-5-13(11)21-8-2-7-20-10-14(17,18)19/h4-5,9H,2,6-8,10H2. The van der Waals surface area contributed by atoms with Gasteiger partial charge in [0, 0.05) is 6.42 Å². The lowest BCUT2D eigenvalue weighted by Gasteiger charge is -2.10. The lowest BCUT2D eigenvalue weighted by Crippen LogP contribution is -2.18. The van der Waals surface area contributed by atoms with E-state index in [0.717, 1.165) is 0 Å². The van der Waals surface area contributed by atoms with Crippen molar-refractivity contribution in [3.05, 3.63) is 29.6 Å². The van der Waals surface area contributed by atoms with Crippen molar-refractivity contribution >= 4 is 11.6 Å². The summed E-state index contributed by atoms with van der Waals surface area (Å²) in [6.07, 6.45) is -4.06. The van der Waals surface area contributed by atoms with Crippen molar-refractivity contribution in [3.8, 4) is 17.6 Å². The molecule has 1 aromatic rings. The summed E-state index contributed by atoms with van der Waals surface area (Å²) in [5.74, 6) is 5.21. The zero-order valence-electron chi connectivity index (χ0n) is 11.0. The molecule has 0 atom stereocenters. The first-order valence-electron chi connectivity index (χ1n) is 6.04. The molecule has 0 aliphatic carbocycles. The molecule has 0 N–H and O–H groups in total. The van der Waals surface area contributed by atoms with Crippen LogP contribution in [-0.4, -0.2) is 31.9 Å². The summed E-state index contributed by atoms with van der Waals surface area (Å²) >= 11 is 5.43. The third-order valence-electron chi connectivity index (χ3n) is 2.19. The van der Waals surface area contributed by atoms with Crippen molar-refractivity contribution in [2.24, 2.45) is 0 Å². The first-order chi connectivity index (χ1) is 9.92. The Labute approximate surface area is 125 Å². The Kier molecular flexibility index (Phi) is 7.34. The van der Waals surface area contributed by atoms with E-state index >= 15 is 0 Å². The van der Waals surface area contributed by atoms with Crippen LogP contribution in [0.5, 0.6) is 5.75 Å². The maximum Gasteiger partial charge on any atom is 0.411 e. The molecular weight excluding hydrogens is 312 g/mol. The Bertz CT molecular complexity index is 506. The van der Waals surface area contributed by atoms with E-state index in [1.807, 2.05) is 0 Å². The molecule has 0 fully saturated rings. The molecule has 7 heteroatoms. The van der Waals surface area contributed by atoms with Gasteiger partial charge in [0.25, 0.3) is 0 Å². The lowest BCUT2D eigenvalue weighted by atomic mass is 10.2. The highest BCUT2D eigenvalue weighted by Crippen LogP contribution is 2.19. The third kappa shape index (κ3) is 7.78. The van der Waals surface area contributed by atoms with Crippen LogP contribution in [0.25, 0.3) is 0 Å². The van der Waals surface area contributed by atoms with E-state index in [2.05, 4.69) is 16.6 Å². The Morgan fingerprint density at radius 1 is 1.19 bits per heavy atom. The topological polar surface area (TPSA) is 18.5 Å². The van der Waals surface area contributed by atoms with Gasteiger partial charge in [-0.25, -0.2) is 4.39 Å². The van der Waals surface area contributed by atoms with Crippen molar-refractivity contribution < 1.29 is 27.0 Å². The molecule has 0 spiro atoms. The summed E-state index contributed by atoms with van der Waals surface area (Å²) in [5.41, 5.74) is 0.340. The maximum atomic E-state index is 13.1. The molecule has 0 saturated carbocycles. The number of benzene rings is 1. The molecule has 1 aromatic carbocycles. The molecule has 2 nitrogen and oxygen atoms in total. The van der Waals surface area contributed by atoms with E-state index in [1.165, 1.54) is 18.2 Å². The van der Waals surface area contributed by atoms with Crippen molar-refractivity contribution in [3.63, 3.8) is 0 Å². The van der Waals surface area contributed by atoms with Crippen molar-refractivity contribution in [2.75, 3.05) is 25.7 Å². The lowest BCUT2D eigenvalue weighted by molar-refractivity contribution is -0.174. The number of hydrogen-bond donors (Lipinski definition) is 0. The summed E-state index contributed by atoms with van der Waals surface area (Å²) in [4.78, 5) is 0. The minimum atomic E-state index is -4.33. The second kappa shape index (κ2) is 8.75. The molecule has 0 unspecified atom stereocenters. The minimum absolute atomic E-state index is 0.0800. The zero-order valence-corrected chi connectivity index (χ0v) is 11.7. The first-order valence-corrected chi connectivity index (χ1v) is 6.57. The van der Waals surface area contributed by atoms with E-state index < -0.39 is 18.6 Å². The SMILES string of the molecule is Fc1ccc(OCCCOCC(F)(F)F)c(C#CCCl)c1. The Balaban J connectivity index is 2.41. The number of ether oxygens (including phenoxy) is 2. The molecule has 1 rings (SSSR count). The van der Waals surface area contributed by atoms with Gasteiger partial charge >= 0.3 is 6.18 Å². The molecule has 0 radical (unpaired) electrons. The van der Waals surface area contributed by atoms with Crippen LogP contribution in [0.3, 0.4) is 0 Å². The summed E-state index contributed by atoms with van der Waals surface area (Å²) in [5, 5.41) is 0. The predicted octanol–water partition coefficient (Wildman–Crippen LogP) is 3.76. The van der Waals surface area contributed by atoms with Gasteiger partial charge in [0.05, 0.1) is 24.7 Å². The fraction of sp³-hybridized carbons (Fsp3) is 0.429. The molecular formula is C14H13ClF4O2. The number of halogens is 5. The van der Waals surface area contributed by atoms with Gasteiger partial charge in [-0.3, -0.25) is 0 Å². The fourth-order valence-electron chi connectivity index (χ4n) is 1.39. The normalized spacial score (nSPS) is 10.9. The van der Waals surface area contributed by atoms with Crippen molar-refractivity contribution in [1.82, 2.24) is 0 Å². The van der Waals surface area contributed by atoms with Gasteiger partial charge in [-0.2, -0.15) is 13.2 Å². The van der Waals surface area contributed by atoms with E-state index in [9.17, 15) is 17.6 Å². The number of alkyl halides is 4. The van der Waals surface area contributed by atoms with Gasteiger partial charge in [-0.05, 0) is 18.2 Å². The van der Waals surface area contributed by atoms with Crippen LogP contribution >= 0.6 is 11.6 Å². The molecule has 0 saturated heterocycles. The van der Waals surface area contributed by atoms with Crippen LogP contribution in [0.4, 0.5) is 17.6 Å². The molecule has 116 valence electrons. The molecule has 0 aliphatic rings. The van der Waals surface area contributed by atoms with Gasteiger partial charge in [-0.1, -0.05) is 11.8 Å². The van der Waals surface area contributed by atoms with Crippen LogP contribution in [0.2, 0.25) is 0 Å². The molecule has 21 heavy (non-hydrogen) atoms. The second-order valence-electron chi connectivity index (χ2n) is 3.95. The Hall–Kier alpha value is -1.45. The highest BCUT2D eigenvalue weighted by Gasteiger charge is 2.27. The molecule has 0 aromatic heterocycles. The van der Waals surface area contributed by atoms with E-state index in [1.54, 1.807) is 0 Å². The van der Waals surface area contributed by atoms with Crippen LogP contribution in [0.15, 0.2) is 18.2 Å². The Morgan fingerprint density at radius 2 is 1.95 bits per heavy atom. The highest BCUT2D eigenvalue weighted by molar-refractivity contribution is 6.19. The van der Waals surface area contributed by atoms with Gasteiger partial charge in [-0.15, -0.1) is 11.6 Å². The summed E-state index contributed by atoms with van der Waals surface area (Å²) in [6.45, 7) is -1.22. The first kappa shape index (κ1) is 17.6. The molecule has 0 amide bonds. The number of hydrogen-bond acceptors (Lipinski definition) is 2. The van der Waals surface area contributed by atoms with Gasteiger partial charge < -0.3 is 9.47 Å². The summed E-state index contributed by atoms with van der Waals surface area (Å²) in [7, 11) is 0. The largest absolute Gasteiger partial charge is 0.492 e. The Morgan fingerprint density at radius 3 is 2.62 bits per heavy atom. The van der Waals surface area contributed by atoms with Crippen LogP contribution in [-0.2, 0) is 4.74 Å². The molecule has 0 bridgehead atoms. The minimum Gasteiger partial charge on any atom is -0.492 e. The smallest absolute Gasteiger partial charge is 0.411 e. The summed E-state index contributed by atoms with van der Waals surface area (Å²) < 4.78 is 58.3. The van der Waals surface area contributed by atoms with Gasteiger partial charge in [0.2, 0.25) is 0 Å². The quantitative estimate of drug-likeness (QED) is 0.343. The monoisotopic (exact) mass is 324 g/mol. The van der Waals surface area contributed by atoms with Gasteiger partial charge in [0.15, 0.2) is 0 Å². The van der Waals surface area contributed by atoms with Crippen LogP contribution < -0.4 is 4.74 Å². The average molecular weight is 325 g/mol. The van der Waals surface area contributed by atoms with Crippen LogP contribution in [0, 0.1) is 17.7 Å². The van der Waals surface area contributed by atoms with Crippen LogP contribution in [0.1, 0.15) is 12.0 Å². The maximum absolute atomic E-state index is 13.1. The molecule has 0 heterocycles. The second-order valence-corrected chi connectivity index (χ2v) is 4.21. The third-order valence-corrected chi connectivity index (χ3v) is 2.32. The van der Waals surface area contributed by atoms with E-state index in [-0.39, 0.29) is 25.5 Å². The highest BCUT2D eigenvalue weighted by atomic mass is 35.5.